The zero-order chi connectivity index (χ0) is 12.8. The summed E-state index contributed by atoms with van der Waals surface area (Å²) in [6.45, 7) is 1.92. The fraction of sp³-hybridized carbons (Fsp3) is 0.250. The minimum absolute atomic E-state index is 0. The number of halogens is 3. The Labute approximate surface area is 138 Å². The molecule has 3 nitrogen and oxygen atoms in total. The van der Waals surface area contributed by atoms with E-state index in [1.807, 2.05) is 49.0 Å². The second-order valence-electron chi connectivity index (χ2n) is 3.35. The van der Waals surface area contributed by atoms with Crippen LogP contribution in [0.3, 0.4) is 0 Å². The molecule has 0 bridgehead atoms. The second-order valence-corrected chi connectivity index (χ2v) is 19.6. The van der Waals surface area contributed by atoms with Crippen molar-refractivity contribution in [2.75, 3.05) is 0 Å². The van der Waals surface area contributed by atoms with Gasteiger partial charge in [-0.15, -0.1) is 0 Å². The molecule has 2 rings (SSSR count). The Balaban J connectivity index is 0.000000660. The molecule has 0 spiro atoms. The molecule has 2 aromatic rings. The van der Waals surface area contributed by atoms with E-state index in [4.69, 9.17) is 0 Å². The first-order valence-corrected chi connectivity index (χ1v) is 17.4. The van der Waals surface area contributed by atoms with Gasteiger partial charge in [0.1, 0.15) is 0 Å². The summed E-state index contributed by atoms with van der Waals surface area (Å²) >= 11 is 5.30. The van der Waals surface area contributed by atoms with Crippen LogP contribution in [0.15, 0.2) is 41.2 Å². The summed E-state index contributed by atoms with van der Waals surface area (Å²) in [5.74, 6) is 0. The number of para-hydroxylation sites is 1. The molecular weight excluding hydrogens is 569 g/mol. The number of aromatic nitrogens is 2. The monoisotopic (exact) mass is 585 g/mol. The van der Waals surface area contributed by atoms with Crippen molar-refractivity contribution in [3.8, 4) is 5.69 Å². The van der Waals surface area contributed by atoms with Gasteiger partial charge in [0.2, 0.25) is 0 Å². The predicted octanol–water partition coefficient (Wildman–Crippen LogP) is 0.896. The Morgan fingerprint density at radius 2 is 1.67 bits per heavy atom. The van der Waals surface area contributed by atoms with Crippen molar-refractivity contribution in [1.82, 2.24) is 9.36 Å². The number of nitrogens with zero attached hydrogens (tertiary/aromatic N) is 2. The van der Waals surface area contributed by atoms with E-state index < -0.39 is 0 Å². The van der Waals surface area contributed by atoms with Crippen molar-refractivity contribution >= 4 is 37.2 Å². The van der Waals surface area contributed by atoms with E-state index in [9.17, 15) is 4.79 Å². The minimum atomic E-state index is 0. The molecule has 0 amide bonds. The van der Waals surface area contributed by atoms with E-state index in [1.54, 1.807) is 10.7 Å². The first-order chi connectivity index (χ1) is 8.11. The summed E-state index contributed by atoms with van der Waals surface area (Å²) < 4.78 is 3.49. The zero-order valence-electron chi connectivity index (χ0n) is 9.40. The summed E-state index contributed by atoms with van der Waals surface area (Å²) in [5.41, 5.74) is 1.86. The van der Waals surface area contributed by atoms with Crippen LogP contribution in [0.5, 0.6) is 0 Å². The molecule has 0 saturated heterocycles. The Hall–Kier alpha value is 0.420. The van der Waals surface area contributed by atoms with Crippen LogP contribution in [0.2, 0.25) is 0 Å². The Morgan fingerprint density at radius 3 is 2.06 bits per heavy atom. The van der Waals surface area contributed by atoms with Crippen molar-refractivity contribution in [3.05, 3.63) is 52.4 Å². The fourth-order valence-electron chi connectivity index (χ4n) is 1.51. The first-order valence-electron chi connectivity index (χ1n) is 4.80. The van der Waals surface area contributed by atoms with E-state index in [0.29, 0.717) is 13.3 Å². The van der Waals surface area contributed by atoms with Gasteiger partial charge in [-0.1, -0.05) is 25.6 Å². The van der Waals surface area contributed by atoms with Crippen molar-refractivity contribution in [1.29, 1.82) is 0 Å². The molecule has 0 aliphatic carbocycles. The van der Waals surface area contributed by atoms with E-state index in [0.717, 1.165) is 11.4 Å². The van der Waals surface area contributed by atoms with Crippen molar-refractivity contribution in [2.45, 2.75) is 14.4 Å². The second kappa shape index (κ2) is 9.34. The van der Waals surface area contributed by atoms with Gasteiger partial charge in [-0.2, -0.15) is 0 Å². The van der Waals surface area contributed by atoms with Crippen molar-refractivity contribution < 1.29 is 13.3 Å². The fourth-order valence-corrected chi connectivity index (χ4v) is 1.51. The Morgan fingerprint density at radius 1 is 1.17 bits per heavy atom. The van der Waals surface area contributed by atoms with Gasteiger partial charge in [0, 0.05) is 18.8 Å². The van der Waals surface area contributed by atoms with Gasteiger partial charge in [-0.05, 0) is 19.1 Å². The SMILES string of the molecule is C.Cc1cc(=O)n(-c2ccccc2)n1C.I[I-]I. The van der Waals surface area contributed by atoms with Crippen LogP contribution in [0.4, 0.5) is 0 Å². The van der Waals surface area contributed by atoms with E-state index in [2.05, 4.69) is 37.2 Å². The zero-order valence-corrected chi connectivity index (χ0v) is 15.9. The predicted molar refractivity (Wildman–Crippen MR) is 90.5 cm³/mol. The molecule has 0 atom stereocenters. The molecule has 6 heteroatoms. The van der Waals surface area contributed by atoms with Gasteiger partial charge >= 0.3 is 50.5 Å². The van der Waals surface area contributed by atoms with Gasteiger partial charge in [-0.3, -0.25) is 9.48 Å². The average Bonchev–Trinajstić information content (AvgIpc) is 2.55. The summed E-state index contributed by atoms with van der Waals surface area (Å²) in [6.07, 6.45) is 0. The van der Waals surface area contributed by atoms with E-state index in [1.165, 1.54) is 0 Å². The van der Waals surface area contributed by atoms with Crippen LogP contribution in [0, 0.1) is 6.92 Å². The van der Waals surface area contributed by atoms with Gasteiger partial charge in [-0.25, -0.2) is 4.68 Å². The third-order valence-corrected chi connectivity index (χ3v) is 2.35. The molecule has 0 saturated carbocycles. The van der Waals surface area contributed by atoms with Gasteiger partial charge in [0.15, 0.2) is 0 Å². The number of hydrogen-bond donors (Lipinski definition) is 0. The third kappa shape index (κ3) is 4.83. The molecule has 1 aromatic heterocycles. The number of benzene rings is 1. The molecule has 18 heavy (non-hydrogen) atoms. The van der Waals surface area contributed by atoms with Crippen LogP contribution in [0.1, 0.15) is 13.1 Å². The molecule has 1 heterocycles. The molecule has 102 valence electrons. The van der Waals surface area contributed by atoms with E-state index >= 15 is 0 Å². The maximum absolute atomic E-state index is 11.6. The van der Waals surface area contributed by atoms with Crippen LogP contribution in [-0.2, 0) is 7.05 Å². The van der Waals surface area contributed by atoms with Gasteiger partial charge in [0.05, 0.1) is 5.69 Å². The number of rotatable bonds is 1. The molecule has 0 unspecified atom stereocenters. The van der Waals surface area contributed by atoms with Crippen LogP contribution < -0.4 is 18.8 Å². The van der Waals surface area contributed by atoms with Crippen molar-refractivity contribution in [2.24, 2.45) is 7.05 Å². The maximum atomic E-state index is 11.6. The molecular formula is C12H16I3N2O-. The normalized spacial score (nSPS) is 9.33. The van der Waals surface area contributed by atoms with Crippen LogP contribution >= 0.6 is 37.2 Å². The Kier molecular flexibility index (Phi) is 9.56. The summed E-state index contributed by atoms with van der Waals surface area (Å²) in [6, 6.07) is 11.2. The molecule has 0 aliphatic heterocycles. The van der Waals surface area contributed by atoms with E-state index in [-0.39, 0.29) is 13.0 Å². The van der Waals surface area contributed by atoms with Crippen LogP contribution in [0.25, 0.3) is 5.69 Å². The molecule has 0 aliphatic rings. The number of hydrogen-bond acceptors (Lipinski definition) is 1. The summed E-state index contributed by atoms with van der Waals surface area (Å²) in [4.78, 5) is 11.6. The van der Waals surface area contributed by atoms with Gasteiger partial charge in [0.25, 0.3) is 5.56 Å². The molecule has 0 radical (unpaired) electrons. The standard InChI is InChI=1S/C11H12N2O.CH4.I3/c1-9-8-11(14)13(12(9)2)10-6-4-3-5-7-10;;1-3-2/h3-8H,1-2H3;1H4;/q;;-1. The van der Waals surface area contributed by atoms with Crippen LogP contribution in [-0.4, -0.2) is 9.36 Å². The Bertz CT molecular complexity index is 520. The quantitative estimate of drug-likeness (QED) is 0.458. The number of aryl methyl sites for hydroxylation is 1. The summed E-state index contributed by atoms with van der Waals surface area (Å²) in [5, 5.41) is 0. The molecule has 0 fully saturated rings. The third-order valence-electron chi connectivity index (χ3n) is 2.35. The molecule has 1 aromatic carbocycles. The van der Waals surface area contributed by atoms with Crippen molar-refractivity contribution in [3.63, 3.8) is 0 Å². The van der Waals surface area contributed by atoms with Gasteiger partial charge < -0.3 is 0 Å². The molecule has 0 N–H and O–H groups in total. The first kappa shape index (κ1) is 18.4. The topological polar surface area (TPSA) is 26.9 Å². The summed E-state index contributed by atoms with van der Waals surface area (Å²) in [7, 11) is 1.88. The average molecular weight is 585 g/mol.